The highest BCUT2D eigenvalue weighted by atomic mass is 32.1. The smallest absolute Gasteiger partial charge is 0.126 e. The summed E-state index contributed by atoms with van der Waals surface area (Å²) in [5.41, 5.74) is 3.63. The molecule has 0 fully saturated rings. The topological polar surface area (TPSA) is 81.4 Å². The van der Waals surface area contributed by atoms with Gasteiger partial charge >= 0.3 is 0 Å². The Kier molecular flexibility index (Phi) is 6.11. The van der Waals surface area contributed by atoms with Crippen LogP contribution in [-0.2, 0) is 17.7 Å². The predicted molar refractivity (Wildman–Crippen MR) is 119 cm³/mol. The average Bonchev–Trinajstić information content (AvgIpc) is 3.17. The van der Waals surface area contributed by atoms with E-state index in [1.807, 2.05) is 23.1 Å². The first kappa shape index (κ1) is 20.5. The van der Waals surface area contributed by atoms with Crippen LogP contribution in [0.2, 0.25) is 0 Å². The number of hydrogen-bond donors (Lipinski definition) is 2. The highest BCUT2D eigenvalue weighted by molar-refractivity contribution is 7.19. The average molecular weight is 421 g/mol. The monoisotopic (exact) mass is 420 g/mol. The molecule has 2 N–H and O–H groups in total. The molecule has 0 saturated carbocycles. The van der Waals surface area contributed by atoms with E-state index < -0.39 is 6.23 Å². The van der Waals surface area contributed by atoms with Gasteiger partial charge in [-0.05, 0) is 23.6 Å². The molecule has 1 aliphatic rings. The summed E-state index contributed by atoms with van der Waals surface area (Å²) >= 11 is 1.62. The number of ether oxygens (including phenoxy) is 1. The molecule has 30 heavy (non-hydrogen) atoms. The molecule has 2 atom stereocenters. The largest absolute Gasteiger partial charge is 0.382 e. The number of pyridine rings is 1. The van der Waals surface area contributed by atoms with Crippen molar-refractivity contribution < 1.29 is 9.84 Å². The maximum absolute atomic E-state index is 10.2. The number of rotatable bonds is 7. The molecule has 0 aliphatic carbocycles. The summed E-state index contributed by atoms with van der Waals surface area (Å²) in [5.74, 6) is 0. The lowest BCUT2D eigenvalue weighted by molar-refractivity contribution is 0.0330. The number of nitrogens with one attached hydrogen (secondary N) is 1. The van der Waals surface area contributed by atoms with Gasteiger partial charge in [0, 0.05) is 36.7 Å². The Morgan fingerprint density at radius 3 is 2.93 bits per heavy atom. The van der Waals surface area contributed by atoms with Crippen molar-refractivity contribution in [3.05, 3.63) is 70.8 Å². The molecule has 0 bridgehead atoms. The zero-order chi connectivity index (χ0) is 21.1. The summed E-state index contributed by atoms with van der Waals surface area (Å²) in [6, 6.07) is 12.3. The summed E-state index contributed by atoms with van der Waals surface area (Å²) in [5, 5.41) is 24.5. The van der Waals surface area contributed by atoms with Crippen LogP contribution in [0.1, 0.15) is 27.6 Å². The number of benzene rings is 1. The molecule has 4 rings (SSSR count). The number of aromatic nitrogens is 1. The Labute approximate surface area is 180 Å². The minimum atomic E-state index is -0.659. The fourth-order valence-corrected chi connectivity index (χ4v) is 5.16. The molecule has 0 saturated heterocycles. The number of nitrogens with zero attached hydrogens (tertiary/aromatic N) is 3. The van der Waals surface area contributed by atoms with E-state index >= 15 is 0 Å². The third kappa shape index (κ3) is 3.83. The minimum Gasteiger partial charge on any atom is -0.382 e. The molecule has 7 heteroatoms. The van der Waals surface area contributed by atoms with Gasteiger partial charge in [-0.15, -0.1) is 11.3 Å². The van der Waals surface area contributed by atoms with E-state index in [4.69, 9.17) is 4.74 Å². The van der Waals surface area contributed by atoms with Gasteiger partial charge in [-0.25, -0.2) is 4.98 Å². The van der Waals surface area contributed by atoms with Gasteiger partial charge in [0.05, 0.1) is 23.9 Å². The third-order valence-corrected chi connectivity index (χ3v) is 6.58. The van der Waals surface area contributed by atoms with Crippen LogP contribution in [0.15, 0.2) is 49.2 Å². The molecular weight excluding hydrogens is 396 g/mol. The molecule has 2 aromatic heterocycles. The molecule has 0 radical (unpaired) electrons. The number of aliphatic hydroxyl groups is 1. The van der Waals surface area contributed by atoms with Crippen molar-refractivity contribution in [1.29, 1.82) is 5.26 Å². The van der Waals surface area contributed by atoms with Crippen molar-refractivity contribution in [3.63, 3.8) is 0 Å². The molecule has 154 valence electrons. The number of methoxy groups -OCH3 is 1. The lowest BCUT2D eigenvalue weighted by Crippen LogP contribution is -2.37. The fourth-order valence-electron chi connectivity index (χ4n) is 3.94. The van der Waals surface area contributed by atoms with Crippen LogP contribution in [-0.4, -0.2) is 41.5 Å². The third-order valence-electron chi connectivity index (χ3n) is 5.46. The molecule has 0 amide bonds. The number of aliphatic hydroxyl groups excluding tert-OH is 1. The summed E-state index contributed by atoms with van der Waals surface area (Å²) in [4.78, 5) is 8.62. The lowest BCUT2D eigenvalue weighted by atomic mass is 10.0. The molecule has 2 unspecified atom stereocenters. The highest BCUT2D eigenvalue weighted by Crippen LogP contribution is 2.41. The maximum Gasteiger partial charge on any atom is 0.126 e. The molecule has 1 aromatic carbocycles. The van der Waals surface area contributed by atoms with Crippen molar-refractivity contribution in [1.82, 2.24) is 9.88 Å². The van der Waals surface area contributed by atoms with Crippen molar-refractivity contribution >= 4 is 27.2 Å². The summed E-state index contributed by atoms with van der Waals surface area (Å²) in [7, 11) is 1.68. The first-order valence-corrected chi connectivity index (χ1v) is 10.7. The van der Waals surface area contributed by atoms with E-state index in [9.17, 15) is 10.4 Å². The van der Waals surface area contributed by atoms with Gasteiger partial charge in [-0.3, -0.25) is 4.90 Å². The zero-order valence-corrected chi connectivity index (χ0v) is 17.7. The van der Waals surface area contributed by atoms with E-state index in [0.29, 0.717) is 18.7 Å². The molecule has 0 spiro atoms. The number of hydrogen-bond acceptors (Lipinski definition) is 7. The summed E-state index contributed by atoms with van der Waals surface area (Å²) < 4.78 is 5.46. The minimum absolute atomic E-state index is 0.0906. The van der Waals surface area contributed by atoms with Crippen LogP contribution in [0.5, 0.6) is 0 Å². The summed E-state index contributed by atoms with van der Waals surface area (Å²) in [6.07, 6.45) is 3.31. The maximum atomic E-state index is 10.2. The second kappa shape index (κ2) is 8.94. The Balaban J connectivity index is 1.78. The second-order valence-corrected chi connectivity index (χ2v) is 8.36. The lowest BCUT2D eigenvalue weighted by Gasteiger charge is -2.29. The Morgan fingerprint density at radius 2 is 2.23 bits per heavy atom. The second-order valence-electron chi connectivity index (χ2n) is 7.28. The van der Waals surface area contributed by atoms with Crippen molar-refractivity contribution in [3.8, 4) is 6.07 Å². The van der Waals surface area contributed by atoms with Crippen LogP contribution >= 0.6 is 11.3 Å². The number of anilines is 1. The van der Waals surface area contributed by atoms with E-state index in [-0.39, 0.29) is 6.04 Å². The molecule has 3 heterocycles. The van der Waals surface area contributed by atoms with Gasteiger partial charge in [0.2, 0.25) is 0 Å². The Bertz CT molecular complexity index is 1090. The van der Waals surface area contributed by atoms with Crippen LogP contribution in [0, 0.1) is 11.3 Å². The van der Waals surface area contributed by atoms with Gasteiger partial charge < -0.3 is 15.2 Å². The SMILES string of the molecule is C=CC(O)N1CCc2c(sc3ncc(C#N)c(NC(COC)c4ccccc4)c23)C1. The Hall–Kier alpha value is -2.76. The Morgan fingerprint density at radius 1 is 1.43 bits per heavy atom. The molecule has 1 aliphatic heterocycles. The van der Waals surface area contributed by atoms with Gasteiger partial charge in [0.15, 0.2) is 0 Å². The van der Waals surface area contributed by atoms with E-state index in [1.54, 1.807) is 30.7 Å². The summed E-state index contributed by atoms with van der Waals surface area (Å²) in [6.45, 7) is 5.54. The first-order valence-electron chi connectivity index (χ1n) is 9.84. The van der Waals surface area contributed by atoms with Crippen LogP contribution in [0.25, 0.3) is 10.2 Å². The van der Waals surface area contributed by atoms with Crippen molar-refractivity contribution in [2.45, 2.75) is 25.2 Å². The van der Waals surface area contributed by atoms with Crippen molar-refractivity contribution in [2.24, 2.45) is 0 Å². The molecular formula is C23H24N4O2S. The predicted octanol–water partition coefficient (Wildman–Crippen LogP) is 3.83. The zero-order valence-electron chi connectivity index (χ0n) is 16.8. The van der Waals surface area contributed by atoms with Gasteiger partial charge in [-0.1, -0.05) is 36.9 Å². The van der Waals surface area contributed by atoms with Gasteiger partial charge in [0.25, 0.3) is 0 Å². The van der Waals surface area contributed by atoms with Gasteiger partial charge in [0.1, 0.15) is 17.1 Å². The van der Waals surface area contributed by atoms with Crippen molar-refractivity contribution in [2.75, 3.05) is 25.6 Å². The molecule has 6 nitrogen and oxygen atoms in total. The van der Waals surface area contributed by atoms with Gasteiger partial charge in [-0.2, -0.15) is 5.26 Å². The standard InChI is InChI=1S/C23H24N4O2S/c1-3-20(28)27-10-9-17-19(13-27)30-23-21(17)22(16(11-24)12-25-23)26-18(14-29-2)15-7-5-4-6-8-15/h3-8,12,18,20,28H,1,9-10,13-14H2,2H3,(H,25,26). The van der Waals surface area contributed by atoms with Crippen LogP contribution < -0.4 is 5.32 Å². The van der Waals surface area contributed by atoms with E-state index in [2.05, 4.69) is 35.1 Å². The van der Waals surface area contributed by atoms with Crippen LogP contribution in [0.3, 0.4) is 0 Å². The quantitative estimate of drug-likeness (QED) is 0.566. The first-order chi connectivity index (χ1) is 14.7. The van der Waals surface area contributed by atoms with E-state index in [0.717, 1.165) is 34.4 Å². The normalized spacial score (nSPS) is 15.9. The number of thiophene rings is 1. The number of fused-ring (bicyclic) bond motifs is 3. The van der Waals surface area contributed by atoms with E-state index in [1.165, 1.54) is 10.4 Å². The van der Waals surface area contributed by atoms with Crippen LogP contribution in [0.4, 0.5) is 5.69 Å². The highest BCUT2D eigenvalue weighted by Gasteiger charge is 2.27. The fraction of sp³-hybridized carbons (Fsp3) is 0.304. The molecule has 3 aromatic rings. The number of nitriles is 1.